The van der Waals surface area contributed by atoms with Crippen LogP contribution < -0.4 is 10.5 Å². The van der Waals surface area contributed by atoms with Crippen molar-refractivity contribution < 1.29 is 13.5 Å². The summed E-state index contributed by atoms with van der Waals surface area (Å²) in [6.45, 7) is 2.63. The predicted octanol–water partition coefficient (Wildman–Crippen LogP) is 3.15. The van der Waals surface area contributed by atoms with Crippen LogP contribution in [0.25, 0.3) is 0 Å². The van der Waals surface area contributed by atoms with Gasteiger partial charge in [-0.2, -0.15) is 4.98 Å². The minimum absolute atomic E-state index is 0.202. The van der Waals surface area contributed by atoms with Gasteiger partial charge in [0.25, 0.3) is 5.88 Å². The summed E-state index contributed by atoms with van der Waals surface area (Å²) in [4.78, 5) is 3.58. The second-order valence-corrected chi connectivity index (χ2v) is 5.09. The van der Waals surface area contributed by atoms with Crippen LogP contribution in [0.4, 0.5) is 14.6 Å². The summed E-state index contributed by atoms with van der Waals surface area (Å²) in [6.07, 6.45) is 4.59. The summed E-state index contributed by atoms with van der Waals surface area (Å²) >= 11 is 0. The maximum atomic E-state index is 13.4. The number of halogens is 2. The second kappa shape index (κ2) is 5.50. The van der Waals surface area contributed by atoms with Gasteiger partial charge in [-0.1, -0.05) is 19.8 Å². The molecule has 2 unspecified atom stereocenters. The van der Waals surface area contributed by atoms with E-state index in [1.54, 1.807) is 0 Å². The van der Waals surface area contributed by atoms with Crippen LogP contribution in [0.1, 0.15) is 32.6 Å². The lowest BCUT2D eigenvalue weighted by atomic mass is 9.83. The van der Waals surface area contributed by atoms with Gasteiger partial charge in [-0.15, -0.1) is 0 Å². The van der Waals surface area contributed by atoms with E-state index in [0.717, 1.165) is 12.8 Å². The normalized spacial score (nSPS) is 23.9. The van der Waals surface area contributed by atoms with Crippen molar-refractivity contribution in [3.05, 3.63) is 17.7 Å². The first kappa shape index (κ1) is 13.1. The fourth-order valence-corrected chi connectivity index (χ4v) is 2.47. The van der Waals surface area contributed by atoms with E-state index in [0.29, 0.717) is 24.5 Å². The van der Waals surface area contributed by atoms with Crippen LogP contribution in [-0.2, 0) is 0 Å². The van der Waals surface area contributed by atoms with Crippen LogP contribution in [-0.4, -0.2) is 11.6 Å². The summed E-state index contributed by atoms with van der Waals surface area (Å²) in [5.74, 6) is -1.09. The molecule has 1 saturated carbocycles. The highest BCUT2D eigenvalue weighted by Crippen LogP contribution is 2.29. The van der Waals surface area contributed by atoms with Crippen molar-refractivity contribution in [2.24, 2.45) is 11.8 Å². The molecule has 0 bridgehead atoms. The third-order valence-corrected chi connectivity index (χ3v) is 3.43. The third kappa shape index (κ3) is 3.09. The molecule has 3 nitrogen and oxygen atoms in total. The standard InChI is InChI=1S/C13H18F2N2O/c1-8-3-2-4-9(5-8)7-18-13-11(15)6-10(14)12(16)17-13/h6,8-9H,2-5,7H2,1H3,(H2,16,17). The molecule has 0 aliphatic heterocycles. The molecule has 1 fully saturated rings. The first-order valence-corrected chi connectivity index (χ1v) is 6.30. The molecular weight excluding hydrogens is 238 g/mol. The first-order valence-electron chi connectivity index (χ1n) is 6.30. The topological polar surface area (TPSA) is 48.1 Å². The van der Waals surface area contributed by atoms with E-state index in [2.05, 4.69) is 11.9 Å². The molecule has 1 aromatic rings. The average molecular weight is 256 g/mol. The molecule has 18 heavy (non-hydrogen) atoms. The number of rotatable bonds is 3. The number of pyridine rings is 1. The highest BCUT2D eigenvalue weighted by molar-refractivity contribution is 5.34. The number of nitrogen functional groups attached to an aromatic ring is 1. The van der Waals surface area contributed by atoms with Crippen molar-refractivity contribution in [2.75, 3.05) is 12.3 Å². The van der Waals surface area contributed by atoms with Crippen LogP contribution in [0, 0.1) is 23.5 Å². The largest absolute Gasteiger partial charge is 0.475 e. The van der Waals surface area contributed by atoms with Crippen molar-refractivity contribution >= 4 is 5.82 Å². The van der Waals surface area contributed by atoms with E-state index in [4.69, 9.17) is 10.5 Å². The molecule has 0 amide bonds. The van der Waals surface area contributed by atoms with Crippen molar-refractivity contribution in [1.29, 1.82) is 0 Å². The number of nitrogens with zero attached hydrogens (tertiary/aromatic N) is 1. The lowest BCUT2D eigenvalue weighted by molar-refractivity contribution is 0.172. The zero-order valence-corrected chi connectivity index (χ0v) is 10.5. The Morgan fingerprint density at radius 3 is 2.89 bits per heavy atom. The Bertz CT molecular complexity index is 426. The first-order chi connectivity index (χ1) is 8.56. The van der Waals surface area contributed by atoms with Gasteiger partial charge in [-0.05, 0) is 24.7 Å². The fourth-order valence-electron chi connectivity index (χ4n) is 2.47. The summed E-state index contributed by atoms with van der Waals surface area (Å²) in [6, 6.07) is 0.709. The molecule has 0 spiro atoms. The number of aromatic nitrogens is 1. The number of ether oxygens (including phenoxy) is 1. The van der Waals surface area contributed by atoms with E-state index in [1.165, 1.54) is 12.8 Å². The quantitative estimate of drug-likeness (QED) is 0.903. The molecule has 2 atom stereocenters. The van der Waals surface area contributed by atoms with Gasteiger partial charge in [-0.3, -0.25) is 0 Å². The van der Waals surface area contributed by atoms with Gasteiger partial charge in [0.15, 0.2) is 17.5 Å². The van der Waals surface area contributed by atoms with Crippen LogP contribution in [0.15, 0.2) is 6.07 Å². The van der Waals surface area contributed by atoms with E-state index >= 15 is 0 Å². The zero-order chi connectivity index (χ0) is 13.1. The van der Waals surface area contributed by atoms with Gasteiger partial charge < -0.3 is 10.5 Å². The summed E-state index contributed by atoms with van der Waals surface area (Å²) < 4.78 is 31.6. The van der Waals surface area contributed by atoms with E-state index in [1.807, 2.05) is 0 Å². The minimum atomic E-state index is -0.855. The molecule has 5 heteroatoms. The van der Waals surface area contributed by atoms with Crippen LogP contribution in [0.2, 0.25) is 0 Å². The minimum Gasteiger partial charge on any atom is -0.475 e. The fraction of sp³-hybridized carbons (Fsp3) is 0.615. The Morgan fingerprint density at radius 1 is 1.39 bits per heavy atom. The molecule has 1 aliphatic rings. The molecule has 0 saturated heterocycles. The molecule has 100 valence electrons. The van der Waals surface area contributed by atoms with Crippen LogP contribution >= 0.6 is 0 Å². The van der Waals surface area contributed by atoms with Crippen molar-refractivity contribution in [2.45, 2.75) is 32.6 Å². The highest BCUT2D eigenvalue weighted by Gasteiger charge is 2.20. The molecule has 2 rings (SSSR count). The Balaban J connectivity index is 1.95. The van der Waals surface area contributed by atoms with Crippen molar-refractivity contribution in [3.8, 4) is 5.88 Å². The Kier molecular flexibility index (Phi) is 3.99. The number of hydrogen-bond acceptors (Lipinski definition) is 3. The summed E-state index contributed by atoms with van der Waals surface area (Å²) in [5, 5.41) is 0. The predicted molar refractivity (Wildman–Crippen MR) is 65.2 cm³/mol. The molecule has 0 radical (unpaired) electrons. The van der Waals surface area contributed by atoms with Crippen LogP contribution in [0.5, 0.6) is 5.88 Å². The third-order valence-electron chi connectivity index (χ3n) is 3.43. The average Bonchev–Trinajstić information content (AvgIpc) is 2.32. The maximum Gasteiger partial charge on any atom is 0.252 e. The van der Waals surface area contributed by atoms with E-state index in [-0.39, 0.29) is 11.7 Å². The molecular formula is C13H18F2N2O. The van der Waals surface area contributed by atoms with Gasteiger partial charge in [0.2, 0.25) is 0 Å². The Hall–Kier alpha value is -1.39. The number of anilines is 1. The van der Waals surface area contributed by atoms with Gasteiger partial charge in [0.05, 0.1) is 6.61 Å². The lowest BCUT2D eigenvalue weighted by Crippen LogP contribution is -2.20. The highest BCUT2D eigenvalue weighted by atomic mass is 19.1. The smallest absolute Gasteiger partial charge is 0.252 e. The van der Waals surface area contributed by atoms with E-state index < -0.39 is 11.6 Å². The monoisotopic (exact) mass is 256 g/mol. The van der Waals surface area contributed by atoms with Gasteiger partial charge in [-0.25, -0.2) is 8.78 Å². The van der Waals surface area contributed by atoms with Crippen LogP contribution in [0.3, 0.4) is 0 Å². The molecule has 0 aromatic carbocycles. The number of nitrogens with two attached hydrogens (primary N) is 1. The van der Waals surface area contributed by atoms with Gasteiger partial charge in [0.1, 0.15) is 0 Å². The van der Waals surface area contributed by atoms with Crippen molar-refractivity contribution in [1.82, 2.24) is 4.98 Å². The summed E-state index contributed by atoms with van der Waals surface area (Å²) in [7, 11) is 0. The molecule has 1 aliphatic carbocycles. The lowest BCUT2D eigenvalue weighted by Gasteiger charge is -2.26. The summed E-state index contributed by atoms with van der Waals surface area (Å²) in [5.41, 5.74) is 5.29. The Morgan fingerprint density at radius 2 is 2.17 bits per heavy atom. The maximum absolute atomic E-state index is 13.4. The number of hydrogen-bond donors (Lipinski definition) is 1. The second-order valence-electron chi connectivity index (χ2n) is 5.09. The van der Waals surface area contributed by atoms with E-state index in [9.17, 15) is 8.78 Å². The van der Waals surface area contributed by atoms with Gasteiger partial charge in [0, 0.05) is 6.07 Å². The molecule has 2 N–H and O–H groups in total. The molecule has 1 aromatic heterocycles. The Labute approximate surface area is 105 Å². The van der Waals surface area contributed by atoms with Gasteiger partial charge >= 0.3 is 0 Å². The SMILES string of the molecule is CC1CCCC(COc2nc(N)c(F)cc2F)C1. The molecule has 1 heterocycles. The van der Waals surface area contributed by atoms with Crippen molar-refractivity contribution in [3.63, 3.8) is 0 Å². The zero-order valence-electron chi connectivity index (χ0n) is 10.5.